The van der Waals surface area contributed by atoms with E-state index in [1.165, 1.54) is 0 Å². The van der Waals surface area contributed by atoms with E-state index in [2.05, 4.69) is 26.1 Å². The number of hydrogen-bond acceptors (Lipinski definition) is 3. The molecule has 0 amide bonds. The van der Waals surface area contributed by atoms with Crippen LogP contribution in [0.1, 0.15) is 59.8 Å². The Hall–Kier alpha value is -0.0900. The van der Waals surface area contributed by atoms with Gasteiger partial charge in [0.25, 0.3) is 0 Å². The van der Waals surface area contributed by atoms with E-state index in [0.29, 0.717) is 18.3 Å². The van der Waals surface area contributed by atoms with Crippen LogP contribution in [0.15, 0.2) is 0 Å². The first-order valence-corrected chi connectivity index (χ1v) is 8.64. The molecule has 17 heavy (non-hydrogen) atoms. The van der Waals surface area contributed by atoms with Crippen LogP contribution in [-0.4, -0.2) is 32.0 Å². The van der Waals surface area contributed by atoms with E-state index in [1.54, 1.807) is 0 Å². The normalized spacial score (nSPS) is 14.2. The zero-order valence-electron chi connectivity index (χ0n) is 11.8. The molecule has 0 fully saturated rings. The summed E-state index contributed by atoms with van der Waals surface area (Å²) in [6.07, 6.45) is 4.98. The van der Waals surface area contributed by atoms with Gasteiger partial charge in [-0.1, -0.05) is 33.6 Å². The molecule has 0 bridgehead atoms. The molecule has 3 nitrogen and oxygen atoms in total. The first kappa shape index (κ1) is 16.9. The van der Waals surface area contributed by atoms with Crippen molar-refractivity contribution in [2.24, 2.45) is 0 Å². The van der Waals surface area contributed by atoms with Crippen LogP contribution < -0.4 is 5.32 Å². The quantitative estimate of drug-likeness (QED) is 0.616. The molecule has 0 aliphatic heterocycles. The third kappa shape index (κ3) is 7.04. The Morgan fingerprint density at radius 2 is 1.65 bits per heavy atom. The number of unbranched alkanes of at least 4 members (excludes halogenated alkanes) is 2. The van der Waals surface area contributed by atoms with E-state index < -0.39 is 9.84 Å². The largest absolute Gasteiger partial charge is 0.313 e. The minimum Gasteiger partial charge on any atom is -0.313 e. The van der Waals surface area contributed by atoms with E-state index in [-0.39, 0.29) is 5.25 Å². The molecule has 0 saturated heterocycles. The van der Waals surface area contributed by atoms with Crippen molar-refractivity contribution in [2.45, 2.75) is 71.1 Å². The Kier molecular flexibility index (Phi) is 8.88. The standard InChI is InChI=1S/C13H29NO2S/c1-5-8-9-10-17(15,16)12(4)11-14-13(6-2)7-3/h12-14H,5-11H2,1-4H3. The van der Waals surface area contributed by atoms with Crippen LogP contribution in [0.5, 0.6) is 0 Å². The topological polar surface area (TPSA) is 46.2 Å². The average molecular weight is 263 g/mol. The molecule has 0 aromatic heterocycles. The van der Waals surface area contributed by atoms with Crippen molar-refractivity contribution in [3.8, 4) is 0 Å². The lowest BCUT2D eigenvalue weighted by atomic mass is 10.2. The second-order valence-corrected chi connectivity index (χ2v) is 7.35. The molecule has 4 heteroatoms. The fourth-order valence-electron chi connectivity index (χ4n) is 1.79. The molecule has 0 saturated carbocycles. The van der Waals surface area contributed by atoms with Gasteiger partial charge in [-0.2, -0.15) is 0 Å². The lowest BCUT2D eigenvalue weighted by Crippen LogP contribution is -2.38. The summed E-state index contributed by atoms with van der Waals surface area (Å²) >= 11 is 0. The second kappa shape index (κ2) is 8.92. The Morgan fingerprint density at radius 1 is 1.06 bits per heavy atom. The molecule has 0 aromatic carbocycles. The lowest BCUT2D eigenvalue weighted by molar-refractivity contribution is 0.479. The summed E-state index contributed by atoms with van der Waals surface area (Å²) in [7, 11) is -2.91. The van der Waals surface area contributed by atoms with Gasteiger partial charge in [0.15, 0.2) is 9.84 Å². The minimum absolute atomic E-state index is 0.264. The van der Waals surface area contributed by atoms with Crippen LogP contribution in [0, 0.1) is 0 Å². The van der Waals surface area contributed by atoms with Crippen LogP contribution in [0.2, 0.25) is 0 Å². The van der Waals surface area contributed by atoms with Crippen molar-refractivity contribution >= 4 is 9.84 Å². The molecule has 0 radical (unpaired) electrons. The highest BCUT2D eigenvalue weighted by Gasteiger charge is 2.20. The Labute approximate surface area is 107 Å². The third-order valence-corrected chi connectivity index (χ3v) is 5.58. The van der Waals surface area contributed by atoms with E-state index in [0.717, 1.165) is 32.1 Å². The van der Waals surface area contributed by atoms with E-state index in [9.17, 15) is 8.42 Å². The first-order chi connectivity index (χ1) is 7.97. The van der Waals surface area contributed by atoms with Crippen molar-refractivity contribution in [1.82, 2.24) is 5.32 Å². The first-order valence-electron chi connectivity index (χ1n) is 6.92. The van der Waals surface area contributed by atoms with Crippen LogP contribution in [0.3, 0.4) is 0 Å². The highest BCUT2D eigenvalue weighted by molar-refractivity contribution is 7.92. The van der Waals surface area contributed by atoms with Gasteiger partial charge in [-0.25, -0.2) is 8.42 Å². The molecule has 104 valence electrons. The SMILES string of the molecule is CCCCCS(=O)(=O)C(C)CNC(CC)CC. The van der Waals surface area contributed by atoms with Crippen LogP contribution >= 0.6 is 0 Å². The second-order valence-electron chi connectivity index (χ2n) is 4.81. The van der Waals surface area contributed by atoms with Crippen molar-refractivity contribution in [2.75, 3.05) is 12.3 Å². The maximum Gasteiger partial charge on any atom is 0.154 e. The smallest absolute Gasteiger partial charge is 0.154 e. The zero-order valence-corrected chi connectivity index (χ0v) is 12.6. The monoisotopic (exact) mass is 263 g/mol. The van der Waals surface area contributed by atoms with E-state index in [4.69, 9.17) is 0 Å². The van der Waals surface area contributed by atoms with Gasteiger partial charge >= 0.3 is 0 Å². The highest BCUT2D eigenvalue weighted by atomic mass is 32.2. The molecular formula is C13H29NO2S. The maximum atomic E-state index is 12.0. The third-order valence-electron chi connectivity index (χ3n) is 3.33. The van der Waals surface area contributed by atoms with Crippen molar-refractivity contribution < 1.29 is 8.42 Å². The van der Waals surface area contributed by atoms with E-state index >= 15 is 0 Å². The van der Waals surface area contributed by atoms with Gasteiger partial charge in [0.05, 0.1) is 11.0 Å². The Balaban J connectivity index is 4.06. The summed E-state index contributed by atoms with van der Waals surface area (Å²) in [6, 6.07) is 0.447. The average Bonchev–Trinajstić information content (AvgIpc) is 2.30. The molecule has 0 rings (SSSR count). The van der Waals surface area contributed by atoms with Gasteiger partial charge in [-0.15, -0.1) is 0 Å². The number of nitrogens with one attached hydrogen (secondary N) is 1. The predicted octanol–water partition coefficient (Wildman–Crippen LogP) is 2.76. The molecule has 0 aliphatic rings. The molecular weight excluding hydrogens is 234 g/mol. The fraction of sp³-hybridized carbons (Fsp3) is 1.00. The number of sulfone groups is 1. The summed E-state index contributed by atoms with van der Waals surface area (Å²) in [6.45, 7) is 8.74. The summed E-state index contributed by atoms with van der Waals surface area (Å²) in [5.41, 5.74) is 0. The van der Waals surface area contributed by atoms with Crippen molar-refractivity contribution in [1.29, 1.82) is 0 Å². The van der Waals surface area contributed by atoms with Gasteiger partial charge in [0.2, 0.25) is 0 Å². The molecule has 0 aliphatic carbocycles. The summed E-state index contributed by atoms with van der Waals surface area (Å²) < 4.78 is 23.9. The molecule has 1 N–H and O–H groups in total. The molecule has 1 unspecified atom stereocenters. The summed E-state index contributed by atoms with van der Waals surface area (Å²) in [5, 5.41) is 3.07. The van der Waals surface area contributed by atoms with Crippen LogP contribution in [0.4, 0.5) is 0 Å². The summed E-state index contributed by atoms with van der Waals surface area (Å²) in [4.78, 5) is 0. The van der Waals surface area contributed by atoms with E-state index in [1.807, 2.05) is 6.92 Å². The molecule has 0 spiro atoms. The molecule has 1 atom stereocenters. The maximum absolute atomic E-state index is 12.0. The lowest BCUT2D eigenvalue weighted by Gasteiger charge is -2.19. The number of rotatable bonds is 10. The predicted molar refractivity (Wildman–Crippen MR) is 75.1 cm³/mol. The van der Waals surface area contributed by atoms with Gasteiger partial charge in [0, 0.05) is 12.6 Å². The summed E-state index contributed by atoms with van der Waals surface area (Å²) in [5.74, 6) is 0.340. The molecule has 0 aromatic rings. The van der Waals surface area contributed by atoms with Gasteiger partial charge in [-0.05, 0) is 26.2 Å². The van der Waals surface area contributed by atoms with Gasteiger partial charge in [-0.3, -0.25) is 0 Å². The Morgan fingerprint density at radius 3 is 2.12 bits per heavy atom. The zero-order chi connectivity index (χ0) is 13.3. The van der Waals surface area contributed by atoms with Crippen molar-refractivity contribution in [3.05, 3.63) is 0 Å². The molecule has 0 heterocycles. The van der Waals surface area contributed by atoms with Crippen LogP contribution in [-0.2, 0) is 9.84 Å². The Bertz CT molecular complexity index is 271. The van der Waals surface area contributed by atoms with Gasteiger partial charge in [0.1, 0.15) is 0 Å². The fourth-order valence-corrected chi connectivity index (χ4v) is 3.15. The van der Waals surface area contributed by atoms with Crippen LogP contribution in [0.25, 0.3) is 0 Å². The highest BCUT2D eigenvalue weighted by Crippen LogP contribution is 2.07. The minimum atomic E-state index is -2.91. The number of hydrogen-bond donors (Lipinski definition) is 1. The van der Waals surface area contributed by atoms with Gasteiger partial charge < -0.3 is 5.32 Å². The van der Waals surface area contributed by atoms with Crippen molar-refractivity contribution in [3.63, 3.8) is 0 Å².